The van der Waals surface area contributed by atoms with E-state index in [1.54, 1.807) is 0 Å². The van der Waals surface area contributed by atoms with Crippen LogP contribution in [-0.2, 0) is 4.79 Å². The normalized spacial score (nSPS) is 7.83. The molecule has 0 amide bonds. The minimum Gasteiger partial charge on any atom is -0.477 e. The van der Waals surface area contributed by atoms with Gasteiger partial charge in [-0.3, -0.25) is 0 Å². The van der Waals surface area contributed by atoms with Crippen molar-refractivity contribution in [2.75, 3.05) is 0 Å². The van der Waals surface area contributed by atoms with Gasteiger partial charge in [0.15, 0.2) is 0 Å². The smallest absolute Gasteiger partial charge is 0.346 e. The molecule has 3 heteroatoms. The van der Waals surface area contributed by atoms with Crippen molar-refractivity contribution in [2.45, 2.75) is 34.6 Å². The Morgan fingerprint density at radius 3 is 1.67 bits per heavy atom. The topological polar surface area (TPSA) is 61.1 Å². The van der Waals surface area contributed by atoms with E-state index in [1.807, 2.05) is 27.7 Å². The van der Waals surface area contributed by atoms with Gasteiger partial charge in [0.25, 0.3) is 0 Å². The van der Waals surface area contributed by atoms with Gasteiger partial charge in [-0.25, -0.2) is 4.79 Å². The van der Waals surface area contributed by atoms with Gasteiger partial charge in [0.1, 0.15) is 11.6 Å². The number of rotatable bonds is 1. The van der Waals surface area contributed by atoms with Crippen molar-refractivity contribution in [1.29, 1.82) is 5.26 Å². The number of nitrogens with zero attached hydrogens (tertiary/aromatic N) is 1. The predicted octanol–water partition coefficient (Wildman–Crippen LogP) is 2.59. The van der Waals surface area contributed by atoms with Gasteiger partial charge >= 0.3 is 5.97 Å². The lowest BCUT2D eigenvalue weighted by Crippen LogP contribution is -1.96. The number of hydrogen-bond donors (Lipinski definition) is 1. The van der Waals surface area contributed by atoms with Crippen LogP contribution in [-0.4, -0.2) is 11.1 Å². The molecule has 0 heterocycles. The first-order valence-corrected chi connectivity index (χ1v) is 4.02. The second-order valence-corrected chi connectivity index (χ2v) is 1.12. The highest BCUT2D eigenvalue weighted by atomic mass is 16.4. The highest BCUT2D eigenvalue weighted by molar-refractivity contribution is 5.90. The van der Waals surface area contributed by atoms with Crippen LogP contribution in [0.2, 0.25) is 0 Å². The lowest BCUT2D eigenvalue weighted by Gasteiger charge is -1.80. The molecule has 0 bridgehead atoms. The molecule has 0 spiro atoms. The standard InChI is InChI=1S/C5H5NO2.2C2H6/c1-2-4(3-6)5(7)8;2*1-2/h2H,1H3,(H,7,8);2*1-2H3/b4-2+;;. The zero-order valence-electron chi connectivity index (χ0n) is 8.38. The molecule has 0 aromatic rings. The van der Waals surface area contributed by atoms with Gasteiger partial charge in [0.2, 0.25) is 0 Å². The molecule has 0 aliphatic carbocycles. The molecule has 70 valence electrons. The molecule has 0 aliphatic rings. The van der Waals surface area contributed by atoms with Gasteiger partial charge in [-0.2, -0.15) is 5.26 Å². The lowest BCUT2D eigenvalue weighted by atomic mass is 10.3. The van der Waals surface area contributed by atoms with Crippen LogP contribution in [0.5, 0.6) is 0 Å². The molecule has 0 aromatic heterocycles. The number of hydrogen-bond acceptors (Lipinski definition) is 2. The minimum atomic E-state index is -1.17. The van der Waals surface area contributed by atoms with E-state index in [9.17, 15) is 4.79 Å². The molecular weight excluding hydrogens is 154 g/mol. The quantitative estimate of drug-likeness (QED) is 0.487. The van der Waals surface area contributed by atoms with Crippen molar-refractivity contribution in [3.63, 3.8) is 0 Å². The Hall–Kier alpha value is -1.30. The van der Waals surface area contributed by atoms with E-state index in [0.29, 0.717) is 0 Å². The van der Waals surface area contributed by atoms with Crippen molar-refractivity contribution in [3.8, 4) is 6.07 Å². The maximum absolute atomic E-state index is 9.87. The summed E-state index contributed by atoms with van der Waals surface area (Å²) in [6.07, 6.45) is 1.25. The fourth-order valence-corrected chi connectivity index (χ4v) is 0.236. The summed E-state index contributed by atoms with van der Waals surface area (Å²) in [5.41, 5.74) is -0.218. The van der Waals surface area contributed by atoms with Gasteiger partial charge in [0, 0.05) is 0 Å². The van der Waals surface area contributed by atoms with E-state index in [1.165, 1.54) is 19.1 Å². The Bertz CT molecular complexity index is 166. The highest BCUT2D eigenvalue weighted by Crippen LogP contribution is 1.88. The van der Waals surface area contributed by atoms with Gasteiger partial charge in [-0.1, -0.05) is 33.8 Å². The maximum Gasteiger partial charge on any atom is 0.346 e. The van der Waals surface area contributed by atoms with Crippen molar-refractivity contribution in [1.82, 2.24) is 0 Å². The van der Waals surface area contributed by atoms with E-state index >= 15 is 0 Å². The van der Waals surface area contributed by atoms with Crippen LogP contribution in [0.4, 0.5) is 0 Å². The van der Waals surface area contributed by atoms with Crippen LogP contribution in [0.3, 0.4) is 0 Å². The summed E-state index contributed by atoms with van der Waals surface area (Å²) in [6.45, 7) is 9.51. The molecule has 0 aromatic carbocycles. The van der Waals surface area contributed by atoms with Crippen LogP contribution in [0.1, 0.15) is 34.6 Å². The van der Waals surface area contributed by atoms with Gasteiger partial charge in [-0.15, -0.1) is 0 Å². The van der Waals surface area contributed by atoms with Crippen molar-refractivity contribution < 1.29 is 9.90 Å². The highest BCUT2D eigenvalue weighted by Gasteiger charge is 2.00. The molecule has 3 nitrogen and oxygen atoms in total. The van der Waals surface area contributed by atoms with Crippen LogP contribution in [0, 0.1) is 11.3 Å². The third kappa shape index (κ3) is 11.5. The second kappa shape index (κ2) is 16.4. The summed E-state index contributed by atoms with van der Waals surface area (Å²) in [4.78, 5) is 9.87. The average molecular weight is 171 g/mol. The van der Waals surface area contributed by atoms with Crippen LogP contribution >= 0.6 is 0 Å². The first kappa shape index (κ1) is 17.0. The SMILES string of the molecule is C/C=C(\C#N)C(=O)O.CC.CC. The predicted molar refractivity (Wildman–Crippen MR) is 49.7 cm³/mol. The van der Waals surface area contributed by atoms with Crippen LogP contribution in [0.25, 0.3) is 0 Å². The van der Waals surface area contributed by atoms with Crippen molar-refractivity contribution in [2.24, 2.45) is 0 Å². The Balaban J connectivity index is -0.000000175. The van der Waals surface area contributed by atoms with Crippen molar-refractivity contribution >= 4 is 5.97 Å². The molecular formula is C9H17NO2. The number of carboxylic acids is 1. The Kier molecular flexibility index (Phi) is 23.1. The molecule has 12 heavy (non-hydrogen) atoms. The van der Waals surface area contributed by atoms with Gasteiger partial charge in [0.05, 0.1) is 0 Å². The number of carboxylic acid groups (broad SMARTS) is 1. The zero-order chi connectivity index (χ0) is 10.6. The number of aliphatic carboxylic acids is 1. The lowest BCUT2D eigenvalue weighted by molar-refractivity contribution is -0.132. The maximum atomic E-state index is 9.87. The monoisotopic (exact) mass is 171 g/mol. The summed E-state index contributed by atoms with van der Waals surface area (Å²) in [5.74, 6) is -1.17. The molecule has 0 rings (SSSR count). The molecule has 0 radical (unpaired) electrons. The molecule has 0 aliphatic heterocycles. The zero-order valence-corrected chi connectivity index (χ0v) is 8.38. The third-order valence-corrected chi connectivity index (χ3v) is 0.640. The van der Waals surface area contributed by atoms with Crippen molar-refractivity contribution in [3.05, 3.63) is 11.6 Å². The summed E-state index contributed by atoms with van der Waals surface area (Å²) >= 11 is 0. The molecule has 0 saturated heterocycles. The van der Waals surface area contributed by atoms with Crippen LogP contribution in [0.15, 0.2) is 11.6 Å². The average Bonchev–Trinajstić information content (AvgIpc) is 2.13. The fraction of sp³-hybridized carbons (Fsp3) is 0.556. The third-order valence-electron chi connectivity index (χ3n) is 0.640. The van der Waals surface area contributed by atoms with Gasteiger partial charge < -0.3 is 5.11 Å². The fourth-order valence-electron chi connectivity index (χ4n) is 0.236. The van der Waals surface area contributed by atoms with Crippen LogP contribution < -0.4 is 0 Å². The summed E-state index contributed by atoms with van der Waals surface area (Å²) in [7, 11) is 0. The molecule has 0 fully saturated rings. The van der Waals surface area contributed by atoms with E-state index in [0.717, 1.165) is 0 Å². The first-order valence-electron chi connectivity index (χ1n) is 4.02. The van der Waals surface area contributed by atoms with E-state index in [2.05, 4.69) is 0 Å². The number of nitriles is 1. The Labute approximate surface area is 74.3 Å². The summed E-state index contributed by atoms with van der Waals surface area (Å²) in [6, 6.07) is 1.51. The molecule has 0 unspecified atom stereocenters. The Morgan fingerprint density at radius 2 is 1.67 bits per heavy atom. The van der Waals surface area contributed by atoms with E-state index < -0.39 is 5.97 Å². The molecule has 1 N–H and O–H groups in total. The Morgan fingerprint density at radius 1 is 1.33 bits per heavy atom. The summed E-state index contributed by atoms with van der Waals surface area (Å²) < 4.78 is 0. The summed E-state index contributed by atoms with van der Waals surface area (Å²) in [5, 5.41) is 16.1. The molecule has 0 atom stereocenters. The second-order valence-electron chi connectivity index (χ2n) is 1.12. The largest absolute Gasteiger partial charge is 0.477 e. The number of allylic oxidation sites excluding steroid dienone is 1. The minimum absolute atomic E-state index is 0.218. The van der Waals surface area contributed by atoms with E-state index in [4.69, 9.17) is 10.4 Å². The van der Waals surface area contributed by atoms with Gasteiger partial charge in [-0.05, 0) is 6.92 Å². The van der Waals surface area contributed by atoms with E-state index in [-0.39, 0.29) is 5.57 Å². The molecule has 0 saturated carbocycles. The number of carbonyl (C=O) groups is 1. The first-order chi connectivity index (χ1) is 5.72.